The van der Waals surface area contributed by atoms with Crippen molar-refractivity contribution in [3.05, 3.63) is 40.2 Å². The van der Waals surface area contributed by atoms with Gasteiger partial charge in [-0.05, 0) is 25.1 Å². The number of benzene rings is 1. The zero-order valence-electron chi connectivity index (χ0n) is 9.94. The highest BCUT2D eigenvalue weighted by molar-refractivity contribution is 7.14. The van der Waals surface area contributed by atoms with Crippen LogP contribution in [0.2, 0.25) is 5.02 Å². The van der Waals surface area contributed by atoms with Gasteiger partial charge in [0.15, 0.2) is 5.69 Å². The molecule has 2 aromatic rings. The Kier molecular flexibility index (Phi) is 4.34. The number of hydrogen-bond donors (Lipinski definition) is 1. The summed E-state index contributed by atoms with van der Waals surface area (Å²) in [7, 11) is 0. The van der Waals surface area contributed by atoms with Crippen LogP contribution >= 0.6 is 22.9 Å². The number of nitrogens with zero attached hydrogens (tertiary/aromatic N) is 1. The lowest BCUT2D eigenvalue weighted by Crippen LogP contribution is -2.07. The van der Waals surface area contributed by atoms with E-state index in [4.69, 9.17) is 16.3 Å². The van der Waals surface area contributed by atoms with Gasteiger partial charge in [0.2, 0.25) is 0 Å². The molecule has 1 heterocycles. The van der Waals surface area contributed by atoms with Gasteiger partial charge in [-0.15, -0.1) is 11.3 Å². The Bertz CT molecular complexity index is 603. The molecule has 0 radical (unpaired) electrons. The summed E-state index contributed by atoms with van der Waals surface area (Å²) in [6, 6.07) is 4.13. The molecule has 0 unspecified atom stereocenters. The molecule has 0 spiro atoms. The lowest BCUT2D eigenvalue weighted by atomic mass is 10.3. The van der Waals surface area contributed by atoms with Crippen molar-refractivity contribution in [2.45, 2.75) is 6.92 Å². The Morgan fingerprint density at radius 3 is 3.11 bits per heavy atom. The summed E-state index contributed by atoms with van der Waals surface area (Å²) in [6.07, 6.45) is 0. The number of hydrogen-bond acceptors (Lipinski definition) is 5. The molecule has 0 bridgehead atoms. The van der Waals surface area contributed by atoms with Gasteiger partial charge in [0.1, 0.15) is 10.8 Å². The van der Waals surface area contributed by atoms with Gasteiger partial charge in [0, 0.05) is 5.02 Å². The SMILES string of the molecule is CCOC(=O)c1ncsc1Nc1cc(Cl)ccc1F. The number of carbonyl (C=O) groups excluding carboxylic acids is 1. The van der Waals surface area contributed by atoms with E-state index in [0.29, 0.717) is 10.0 Å². The predicted molar refractivity (Wildman–Crippen MR) is 72.8 cm³/mol. The maximum Gasteiger partial charge on any atom is 0.360 e. The summed E-state index contributed by atoms with van der Waals surface area (Å²) in [5, 5.41) is 3.61. The molecule has 0 aliphatic carbocycles. The lowest BCUT2D eigenvalue weighted by Gasteiger charge is -2.07. The number of ether oxygens (including phenoxy) is 1. The van der Waals surface area contributed by atoms with Crippen LogP contribution in [0, 0.1) is 5.82 Å². The van der Waals surface area contributed by atoms with Crippen molar-refractivity contribution in [3.63, 3.8) is 0 Å². The van der Waals surface area contributed by atoms with E-state index in [1.165, 1.54) is 35.0 Å². The number of halogens is 2. The van der Waals surface area contributed by atoms with E-state index in [1.807, 2.05) is 0 Å². The van der Waals surface area contributed by atoms with E-state index in [-0.39, 0.29) is 18.0 Å². The van der Waals surface area contributed by atoms with Gasteiger partial charge in [0.25, 0.3) is 0 Å². The standard InChI is InChI=1S/C12H10ClFN2O2S/c1-2-18-12(17)10-11(19-6-15-10)16-9-5-7(13)3-4-8(9)14/h3-6,16H,2H2,1H3. The molecule has 1 aromatic heterocycles. The molecular formula is C12H10ClFN2O2S. The Morgan fingerprint density at radius 2 is 2.37 bits per heavy atom. The van der Waals surface area contributed by atoms with Crippen LogP contribution in [0.1, 0.15) is 17.4 Å². The van der Waals surface area contributed by atoms with Crippen molar-refractivity contribution in [1.29, 1.82) is 0 Å². The molecule has 0 aliphatic rings. The average Bonchev–Trinajstić information content (AvgIpc) is 2.82. The molecule has 1 aromatic carbocycles. The minimum absolute atomic E-state index is 0.131. The Balaban J connectivity index is 2.26. The number of esters is 1. The minimum Gasteiger partial charge on any atom is -0.461 e. The Labute approximate surface area is 118 Å². The molecule has 0 amide bonds. The highest BCUT2D eigenvalue weighted by Gasteiger charge is 2.17. The van der Waals surface area contributed by atoms with Crippen molar-refractivity contribution in [2.75, 3.05) is 11.9 Å². The van der Waals surface area contributed by atoms with Gasteiger partial charge >= 0.3 is 5.97 Å². The quantitative estimate of drug-likeness (QED) is 0.871. The first-order valence-corrected chi connectivity index (χ1v) is 6.70. The number of carbonyl (C=O) groups is 1. The second-order valence-electron chi connectivity index (χ2n) is 3.50. The Hall–Kier alpha value is -1.66. The largest absolute Gasteiger partial charge is 0.461 e. The molecule has 1 N–H and O–H groups in total. The van der Waals surface area contributed by atoms with Gasteiger partial charge in [-0.3, -0.25) is 0 Å². The maximum absolute atomic E-state index is 13.6. The third-order valence-electron chi connectivity index (χ3n) is 2.21. The predicted octanol–water partition coefficient (Wildman–Crippen LogP) is 3.86. The second-order valence-corrected chi connectivity index (χ2v) is 4.79. The van der Waals surface area contributed by atoms with Crippen molar-refractivity contribution in [3.8, 4) is 0 Å². The van der Waals surface area contributed by atoms with Crippen LogP contribution in [-0.2, 0) is 4.74 Å². The summed E-state index contributed by atoms with van der Waals surface area (Å²) in [6.45, 7) is 1.95. The molecule has 0 atom stereocenters. The fourth-order valence-electron chi connectivity index (χ4n) is 1.40. The Morgan fingerprint density at radius 1 is 1.58 bits per heavy atom. The molecule has 0 saturated carbocycles. The van der Waals surface area contributed by atoms with Crippen molar-refractivity contribution in [1.82, 2.24) is 4.98 Å². The molecule has 2 rings (SSSR count). The summed E-state index contributed by atoms with van der Waals surface area (Å²) in [5.74, 6) is -1.01. The van der Waals surface area contributed by atoms with Gasteiger partial charge in [-0.2, -0.15) is 0 Å². The van der Waals surface area contributed by atoms with Gasteiger partial charge in [-0.1, -0.05) is 11.6 Å². The van der Waals surface area contributed by atoms with Crippen LogP contribution < -0.4 is 5.32 Å². The maximum atomic E-state index is 13.6. The van der Waals surface area contributed by atoms with E-state index >= 15 is 0 Å². The first-order chi connectivity index (χ1) is 9.11. The fourth-order valence-corrected chi connectivity index (χ4v) is 2.25. The molecule has 7 heteroatoms. The van der Waals surface area contributed by atoms with E-state index in [0.717, 1.165) is 0 Å². The molecule has 0 aliphatic heterocycles. The number of aromatic nitrogens is 1. The van der Waals surface area contributed by atoms with Gasteiger partial charge < -0.3 is 10.1 Å². The highest BCUT2D eigenvalue weighted by atomic mass is 35.5. The monoisotopic (exact) mass is 300 g/mol. The molecular weight excluding hydrogens is 291 g/mol. The third kappa shape index (κ3) is 3.21. The van der Waals surface area contributed by atoms with Crippen LogP contribution in [0.25, 0.3) is 0 Å². The van der Waals surface area contributed by atoms with E-state index in [1.54, 1.807) is 6.92 Å². The van der Waals surface area contributed by atoms with Crippen molar-refractivity contribution < 1.29 is 13.9 Å². The van der Waals surface area contributed by atoms with Crippen LogP contribution in [0.3, 0.4) is 0 Å². The molecule has 19 heavy (non-hydrogen) atoms. The molecule has 100 valence electrons. The number of nitrogens with one attached hydrogen (secondary N) is 1. The molecule has 0 fully saturated rings. The fraction of sp³-hybridized carbons (Fsp3) is 0.167. The normalized spacial score (nSPS) is 10.3. The molecule has 0 saturated heterocycles. The topological polar surface area (TPSA) is 51.2 Å². The molecule has 4 nitrogen and oxygen atoms in total. The van der Waals surface area contributed by atoms with Crippen LogP contribution in [0.15, 0.2) is 23.7 Å². The van der Waals surface area contributed by atoms with Crippen LogP contribution in [-0.4, -0.2) is 17.6 Å². The second kappa shape index (κ2) is 5.99. The summed E-state index contributed by atoms with van der Waals surface area (Å²) < 4.78 is 18.5. The zero-order chi connectivity index (χ0) is 13.8. The number of rotatable bonds is 4. The zero-order valence-corrected chi connectivity index (χ0v) is 11.5. The third-order valence-corrected chi connectivity index (χ3v) is 3.19. The van der Waals surface area contributed by atoms with Crippen LogP contribution in [0.5, 0.6) is 0 Å². The van der Waals surface area contributed by atoms with E-state index in [9.17, 15) is 9.18 Å². The van der Waals surface area contributed by atoms with Gasteiger partial charge in [-0.25, -0.2) is 14.2 Å². The lowest BCUT2D eigenvalue weighted by molar-refractivity contribution is 0.0521. The van der Waals surface area contributed by atoms with E-state index in [2.05, 4.69) is 10.3 Å². The van der Waals surface area contributed by atoms with Crippen molar-refractivity contribution in [2.24, 2.45) is 0 Å². The smallest absolute Gasteiger partial charge is 0.360 e. The van der Waals surface area contributed by atoms with Crippen molar-refractivity contribution >= 4 is 39.6 Å². The average molecular weight is 301 g/mol. The summed E-state index contributed by atoms with van der Waals surface area (Å²) in [5.41, 5.74) is 1.80. The first-order valence-electron chi connectivity index (χ1n) is 5.44. The first kappa shape index (κ1) is 13.8. The van der Waals surface area contributed by atoms with Gasteiger partial charge in [0.05, 0.1) is 17.8 Å². The number of thiazole rings is 1. The summed E-state index contributed by atoms with van der Waals surface area (Å²) >= 11 is 6.98. The van der Waals surface area contributed by atoms with Crippen LogP contribution in [0.4, 0.5) is 15.1 Å². The highest BCUT2D eigenvalue weighted by Crippen LogP contribution is 2.28. The number of anilines is 2. The van der Waals surface area contributed by atoms with E-state index < -0.39 is 11.8 Å². The summed E-state index contributed by atoms with van der Waals surface area (Å²) in [4.78, 5) is 15.5. The minimum atomic E-state index is -0.548.